The predicted molar refractivity (Wildman–Crippen MR) is 106 cm³/mol. The minimum atomic E-state index is -0.271. The lowest BCUT2D eigenvalue weighted by atomic mass is 10.2. The molecule has 2 aromatic rings. The molecule has 128 valence electrons. The molecule has 0 spiro atoms. The summed E-state index contributed by atoms with van der Waals surface area (Å²) in [6, 6.07) is 15.9. The Balaban J connectivity index is 1.87. The minimum Gasteiger partial charge on any atom is -0.474 e. The Morgan fingerprint density at radius 2 is 1.83 bits per heavy atom. The van der Waals surface area contributed by atoms with E-state index in [1.54, 1.807) is 11.9 Å². The Kier molecular flexibility index (Phi) is 6.04. The van der Waals surface area contributed by atoms with Crippen LogP contribution in [0.1, 0.15) is 26.3 Å². The lowest BCUT2D eigenvalue weighted by molar-refractivity contribution is 0.0565. The second-order valence-electron chi connectivity index (χ2n) is 6.48. The fourth-order valence-electron chi connectivity index (χ4n) is 2.10. The number of rotatable bonds is 7. The third-order valence-corrected chi connectivity index (χ3v) is 3.81. The number of anilines is 3. The highest BCUT2D eigenvalue weighted by Gasteiger charge is 2.12. The number of ether oxygens (including phenoxy) is 1. The van der Waals surface area contributed by atoms with Gasteiger partial charge < -0.3 is 20.5 Å². The number of hydrogen-bond acceptors (Lipinski definition) is 5. The van der Waals surface area contributed by atoms with Gasteiger partial charge in [-0.15, -0.1) is 0 Å². The van der Waals surface area contributed by atoms with Crippen molar-refractivity contribution in [2.24, 2.45) is 0 Å². The summed E-state index contributed by atoms with van der Waals surface area (Å²) in [4.78, 5) is 0. The molecular formula is C19H25N3OS. The molecule has 0 atom stereocenters. The summed E-state index contributed by atoms with van der Waals surface area (Å²) in [7, 11) is 0. The van der Waals surface area contributed by atoms with Crippen LogP contribution in [0.2, 0.25) is 0 Å². The van der Waals surface area contributed by atoms with Crippen molar-refractivity contribution in [1.82, 2.24) is 0 Å². The summed E-state index contributed by atoms with van der Waals surface area (Å²) < 4.78 is 9.03. The van der Waals surface area contributed by atoms with E-state index in [0.717, 1.165) is 22.8 Å². The van der Waals surface area contributed by atoms with Crippen molar-refractivity contribution in [2.75, 3.05) is 15.8 Å². The van der Waals surface area contributed by atoms with E-state index in [0.29, 0.717) is 5.88 Å². The van der Waals surface area contributed by atoms with E-state index in [9.17, 15) is 0 Å². The van der Waals surface area contributed by atoms with E-state index in [-0.39, 0.29) is 5.60 Å². The van der Waals surface area contributed by atoms with Gasteiger partial charge in [0, 0.05) is 22.8 Å². The number of benzene rings is 2. The molecule has 0 saturated heterocycles. The van der Waals surface area contributed by atoms with E-state index < -0.39 is 0 Å². The molecule has 0 aliphatic carbocycles. The molecular weight excluding hydrogens is 318 g/mol. The molecule has 0 aromatic heterocycles. The predicted octanol–water partition coefficient (Wildman–Crippen LogP) is 5.23. The molecule has 0 unspecified atom stereocenters. The van der Waals surface area contributed by atoms with Crippen LogP contribution in [-0.2, 0) is 10.5 Å². The summed E-state index contributed by atoms with van der Waals surface area (Å²) in [5, 5.41) is 3.17. The van der Waals surface area contributed by atoms with Gasteiger partial charge in [0.25, 0.3) is 0 Å². The van der Waals surface area contributed by atoms with Crippen molar-refractivity contribution < 1.29 is 4.74 Å². The lowest BCUT2D eigenvalue weighted by Crippen LogP contribution is -2.21. The van der Waals surface area contributed by atoms with Gasteiger partial charge in [-0.25, -0.2) is 0 Å². The monoisotopic (exact) mass is 343 g/mol. The Hall–Kier alpha value is -2.27. The molecule has 0 fully saturated rings. The number of nitrogens with two attached hydrogens (primary N) is 1. The Labute approximate surface area is 148 Å². The first-order valence-corrected chi connectivity index (χ1v) is 8.78. The fourth-order valence-corrected chi connectivity index (χ4v) is 2.81. The summed E-state index contributed by atoms with van der Waals surface area (Å²) in [6.45, 7) is 9.88. The Bertz CT molecular complexity index is 695. The topological polar surface area (TPSA) is 59.3 Å². The van der Waals surface area contributed by atoms with Gasteiger partial charge in [0.15, 0.2) is 5.88 Å². The molecule has 2 aromatic carbocycles. The summed E-state index contributed by atoms with van der Waals surface area (Å²) in [5.41, 5.74) is 9.44. The number of hydrogen-bond donors (Lipinski definition) is 3. The van der Waals surface area contributed by atoms with Crippen LogP contribution >= 0.6 is 11.9 Å². The molecule has 2 rings (SSSR count). The molecule has 24 heavy (non-hydrogen) atoms. The van der Waals surface area contributed by atoms with Gasteiger partial charge in [-0.2, -0.15) is 0 Å². The zero-order valence-electron chi connectivity index (χ0n) is 14.4. The van der Waals surface area contributed by atoms with Crippen molar-refractivity contribution >= 4 is 29.0 Å². The third kappa shape index (κ3) is 6.46. The molecule has 0 aliphatic rings. The largest absolute Gasteiger partial charge is 0.474 e. The summed E-state index contributed by atoms with van der Waals surface area (Å²) in [5.74, 6) is 1.37. The Morgan fingerprint density at radius 1 is 1.12 bits per heavy atom. The normalized spacial score (nSPS) is 11.0. The highest BCUT2D eigenvalue weighted by atomic mass is 32.2. The molecule has 4 N–H and O–H groups in total. The second kappa shape index (κ2) is 8.02. The molecule has 0 radical (unpaired) electrons. The van der Waals surface area contributed by atoms with Crippen LogP contribution in [0.5, 0.6) is 0 Å². The maximum Gasteiger partial charge on any atom is 0.184 e. The van der Waals surface area contributed by atoms with Crippen LogP contribution in [0.25, 0.3) is 0 Å². The molecule has 0 amide bonds. The van der Waals surface area contributed by atoms with Crippen LogP contribution in [0, 0.1) is 0 Å². The Morgan fingerprint density at radius 3 is 2.54 bits per heavy atom. The third-order valence-electron chi connectivity index (χ3n) is 2.96. The zero-order chi connectivity index (χ0) is 17.6. The van der Waals surface area contributed by atoms with Crippen LogP contribution in [0.4, 0.5) is 17.1 Å². The summed E-state index contributed by atoms with van der Waals surface area (Å²) >= 11 is 1.62. The van der Waals surface area contributed by atoms with Gasteiger partial charge in [-0.1, -0.05) is 18.2 Å². The highest BCUT2D eigenvalue weighted by Crippen LogP contribution is 2.22. The van der Waals surface area contributed by atoms with Crippen LogP contribution < -0.4 is 15.8 Å². The minimum absolute atomic E-state index is 0.271. The first kappa shape index (κ1) is 18.1. The quantitative estimate of drug-likeness (QED) is 0.365. The van der Waals surface area contributed by atoms with E-state index in [2.05, 4.69) is 22.7 Å². The molecule has 4 nitrogen and oxygen atoms in total. The molecule has 0 bridgehead atoms. The van der Waals surface area contributed by atoms with E-state index in [1.165, 1.54) is 5.56 Å². The van der Waals surface area contributed by atoms with Crippen molar-refractivity contribution in [3.8, 4) is 0 Å². The molecule has 0 aliphatic heterocycles. The van der Waals surface area contributed by atoms with Crippen molar-refractivity contribution in [3.05, 3.63) is 66.6 Å². The first-order valence-electron chi connectivity index (χ1n) is 7.79. The van der Waals surface area contributed by atoms with Crippen molar-refractivity contribution in [3.63, 3.8) is 0 Å². The van der Waals surface area contributed by atoms with Gasteiger partial charge in [0.1, 0.15) is 5.60 Å². The zero-order valence-corrected chi connectivity index (χ0v) is 15.2. The van der Waals surface area contributed by atoms with Gasteiger partial charge in [0.05, 0.1) is 0 Å². The van der Waals surface area contributed by atoms with Crippen LogP contribution in [-0.4, -0.2) is 5.60 Å². The van der Waals surface area contributed by atoms with Gasteiger partial charge in [-0.3, -0.25) is 0 Å². The van der Waals surface area contributed by atoms with Crippen molar-refractivity contribution in [2.45, 2.75) is 32.1 Å². The van der Waals surface area contributed by atoms with E-state index >= 15 is 0 Å². The second-order valence-corrected chi connectivity index (χ2v) is 7.26. The maximum absolute atomic E-state index is 5.79. The van der Waals surface area contributed by atoms with Crippen molar-refractivity contribution in [1.29, 1.82) is 0 Å². The van der Waals surface area contributed by atoms with Gasteiger partial charge in [0.2, 0.25) is 0 Å². The highest BCUT2D eigenvalue weighted by molar-refractivity contribution is 7.99. The lowest BCUT2D eigenvalue weighted by Gasteiger charge is -2.23. The van der Waals surface area contributed by atoms with Gasteiger partial charge in [-0.05, 0) is 75.2 Å². The fraction of sp³-hybridized carbons (Fsp3) is 0.263. The van der Waals surface area contributed by atoms with Crippen LogP contribution in [0.15, 0.2) is 61.0 Å². The number of nitrogen functional groups attached to an aromatic ring is 1. The van der Waals surface area contributed by atoms with E-state index in [1.807, 2.05) is 63.2 Å². The average Bonchev–Trinajstić information content (AvgIpc) is 2.45. The van der Waals surface area contributed by atoms with Crippen LogP contribution in [0.3, 0.4) is 0 Å². The maximum atomic E-state index is 5.79. The average molecular weight is 343 g/mol. The van der Waals surface area contributed by atoms with E-state index in [4.69, 9.17) is 10.5 Å². The smallest absolute Gasteiger partial charge is 0.184 e. The molecule has 0 saturated carbocycles. The standard InChI is InChI=1S/C19H25N3OS/c1-14(23-19(2,3)4)21-17-9-6-10-18(12-17)22-24-13-15-7-5-8-16(20)11-15/h5-12,21-22H,1,13,20H2,2-4H3. The SMILES string of the molecule is C=C(Nc1cccc(NSCc2cccc(N)c2)c1)OC(C)(C)C. The molecule has 0 heterocycles. The first-order chi connectivity index (χ1) is 11.3. The summed E-state index contributed by atoms with van der Waals surface area (Å²) in [6.07, 6.45) is 0. The van der Waals surface area contributed by atoms with Gasteiger partial charge >= 0.3 is 0 Å². The number of nitrogens with one attached hydrogen (secondary N) is 2. The molecule has 5 heteroatoms.